The number of ether oxygens (including phenoxy) is 1. The summed E-state index contributed by atoms with van der Waals surface area (Å²) in [5.41, 5.74) is 0.989. The lowest BCUT2D eigenvalue weighted by Crippen LogP contribution is -2.35. The van der Waals surface area contributed by atoms with Crippen molar-refractivity contribution < 1.29 is 14.6 Å². The van der Waals surface area contributed by atoms with Crippen LogP contribution in [-0.2, 0) is 4.79 Å². The second kappa shape index (κ2) is 9.98. The van der Waals surface area contributed by atoms with Gasteiger partial charge >= 0.3 is 0 Å². The predicted molar refractivity (Wildman–Crippen MR) is 108 cm³/mol. The molecule has 2 aliphatic rings. The minimum atomic E-state index is -0.360. The minimum absolute atomic E-state index is 0.0905. The molecule has 1 saturated heterocycles. The van der Waals surface area contributed by atoms with Gasteiger partial charge in [-0.2, -0.15) is 0 Å². The summed E-state index contributed by atoms with van der Waals surface area (Å²) >= 11 is 0. The van der Waals surface area contributed by atoms with E-state index in [4.69, 9.17) is 4.74 Å². The van der Waals surface area contributed by atoms with Crippen molar-refractivity contribution >= 4 is 11.6 Å². The van der Waals surface area contributed by atoms with E-state index in [1.54, 1.807) is 0 Å². The molecule has 0 unspecified atom stereocenters. The van der Waals surface area contributed by atoms with Gasteiger partial charge in [-0.1, -0.05) is 19.3 Å². The number of anilines is 1. The molecule has 5 heteroatoms. The fourth-order valence-electron chi connectivity index (χ4n) is 4.07. The third-order valence-corrected chi connectivity index (χ3v) is 5.66. The van der Waals surface area contributed by atoms with E-state index >= 15 is 0 Å². The Labute approximate surface area is 163 Å². The summed E-state index contributed by atoms with van der Waals surface area (Å²) in [7, 11) is 0. The summed E-state index contributed by atoms with van der Waals surface area (Å²) in [6.07, 6.45) is 8.74. The van der Waals surface area contributed by atoms with Crippen molar-refractivity contribution in [3.63, 3.8) is 0 Å². The van der Waals surface area contributed by atoms with Crippen LogP contribution in [-0.4, -0.2) is 47.3 Å². The molecule has 2 fully saturated rings. The first kappa shape index (κ1) is 20.0. The quantitative estimate of drug-likeness (QED) is 0.791. The van der Waals surface area contributed by atoms with E-state index in [2.05, 4.69) is 12.2 Å². The first-order chi connectivity index (χ1) is 13.1. The monoisotopic (exact) mass is 374 g/mol. The number of aliphatic hydroxyl groups is 1. The van der Waals surface area contributed by atoms with Gasteiger partial charge < -0.3 is 20.1 Å². The Balaban J connectivity index is 1.46. The van der Waals surface area contributed by atoms with E-state index in [0.717, 1.165) is 63.1 Å². The van der Waals surface area contributed by atoms with Crippen molar-refractivity contribution in [3.8, 4) is 5.75 Å². The van der Waals surface area contributed by atoms with Crippen LogP contribution in [0.3, 0.4) is 0 Å². The molecule has 0 spiro atoms. The maximum absolute atomic E-state index is 12.5. The van der Waals surface area contributed by atoms with Gasteiger partial charge in [-0.3, -0.25) is 4.79 Å². The fourth-order valence-corrected chi connectivity index (χ4v) is 4.07. The highest BCUT2D eigenvalue weighted by Gasteiger charge is 2.24. The first-order valence-corrected chi connectivity index (χ1v) is 10.6. The van der Waals surface area contributed by atoms with Crippen LogP contribution in [0.4, 0.5) is 5.69 Å². The molecule has 1 heterocycles. The summed E-state index contributed by atoms with van der Waals surface area (Å²) < 4.78 is 5.94. The van der Waals surface area contributed by atoms with E-state index in [1.165, 1.54) is 12.8 Å². The van der Waals surface area contributed by atoms with Crippen LogP contribution in [0, 0.1) is 0 Å². The van der Waals surface area contributed by atoms with Gasteiger partial charge in [0.15, 0.2) is 0 Å². The van der Waals surface area contributed by atoms with Gasteiger partial charge in [-0.25, -0.2) is 0 Å². The highest BCUT2D eigenvalue weighted by Crippen LogP contribution is 2.25. The SMILES string of the molecule is C[C@H](CC(=O)N1CCCCCC1)Nc1ccc(O[C@@H]2CCCC[C@@H]2O)cc1. The third kappa shape index (κ3) is 6.13. The zero-order chi connectivity index (χ0) is 19.1. The topological polar surface area (TPSA) is 61.8 Å². The lowest BCUT2D eigenvalue weighted by molar-refractivity contribution is -0.131. The van der Waals surface area contributed by atoms with Crippen molar-refractivity contribution in [1.82, 2.24) is 4.90 Å². The second-order valence-corrected chi connectivity index (χ2v) is 8.08. The van der Waals surface area contributed by atoms with Crippen LogP contribution in [0.5, 0.6) is 5.75 Å². The molecule has 0 bridgehead atoms. The molecule has 1 aromatic carbocycles. The molecule has 27 heavy (non-hydrogen) atoms. The lowest BCUT2D eigenvalue weighted by atomic mass is 9.95. The molecule has 1 saturated carbocycles. The number of hydrogen-bond acceptors (Lipinski definition) is 4. The fraction of sp³-hybridized carbons (Fsp3) is 0.682. The number of likely N-dealkylation sites (tertiary alicyclic amines) is 1. The number of nitrogens with zero attached hydrogens (tertiary/aromatic N) is 1. The molecule has 5 nitrogen and oxygen atoms in total. The highest BCUT2D eigenvalue weighted by molar-refractivity contribution is 5.77. The summed E-state index contributed by atoms with van der Waals surface area (Å²) in [6.45, 7) is 3.87. The number of amides is 1. The van der Waals surface area contributed by atoms with Crippen molar-refractivity contribution in [2.45, 2.75) is 83.0 Å². The molecule has 3 atom stereocenters. The molecule has 0 aromatic heterocycles. The predicted octanol–water partition coefficient (Wildman–Crippen LogP) is 3.96. The van der Waals surface area contributed by atoms with Crippen molar-refractivity contribution in [2.24, 2.45) is 0 Å². The molecular formula is C22H34N2O3. The van der Waals surface area contributed by atoms with Crippen molar-refractivity contribution in [1.29, 1.82) is 0 Å². The van der Waals surface area contributed by atoms with Gasteiger partial charge in [0, 0.05) is 31.2 Å². The Kier molecular flexibility index (Phi) is 7.39. The van der Waals surface area contributed by atoms with Crippen LogP contribution in [0.2, 0.25) is 0 Å². The first-order valence-electron chi connectivity index (χ1n) is 10.6. The molecule has 150 valence electrons. The number of benzene rings is 1. The molecule has 1 aromatic rings. The maximum Gasteiger partial charge on any atom is 0.224 e. The molecule has 1 amide bonds. The normalized spacial score (nSPS) is 24.7. The molecule has 0 radical (unpaired) electrons. The smallest absolute Gasteiger partial charge is 0.224 e. The van der Waals surface area contributed by atoms with Gasteiger partial charge in [-0.05, 0) is 63.3 Å². The highest BCUT2D eigenvalue weighted by atomic mass is 16.5. The summed E-state index contributed by atoms with van der Waals surface area (Å²) in [4.78, 5) is 14.5. The molecule has 1 aliphatic heterocycles. The van der Waals surface area contributed by atoms with Gasteiger partial charge in [0.2, 0.25) is 5.91 Å². The number of rotatable bonds is 6. The average molecular weight is 375 g/mol. The number of hydrogen-bond donors (Lipinski definition) is 2. The average Bonchev–Trinajstić information content (AvgIpc) is 2.95. The van der Waals surface area contributed by atoms with E-state index < -0.39 is 0 Å². The minimum Gasteiger partial charge on any atom is -0.488 e. The Bertz CT molecular complexity index is 582. The van der Waals surface area contributed by atoms with Gasteiger partial charge in [0.1, 0.15) is 11.9 Å². The Morgan fingerprint density at radius 1 is 1.11 bits per heavy atom. The molecule has 1 aliphatic carbocycles. The Morgan fingerprint density at radius 3 is 2.44 bits per heavy atom. The number of carbonyl (C=O) groups excluding carboxylic acids is 1. The molecule has 3 rings (SSSR count). The summed E-state index contributed by atoms with van der Waals surface area (Å²) in [5, 5.41) is 13.5. The third-order valence-electron chi connectivity index (χ3n) is 5.66. The molecular weight excluding hydrogens is 340 g/mol. The van der Waals surface area contributed by atoms with Crippen LogP contribution in [0.15, 0.2) is 24.3 Å². The van der Waals surface area contributed by atoms with E-state index in [1.807, 2.05) is 29.2 Å². The van der Waals surface area contributed by atoms with Crippen LogP contribution >= 0.6 is 0 Å². The van der Waals surface area contributed by atoms with Gasteiger partial charge in [0.05, 0.1) is 6.10 Å². The summed E-state index contributed by atoms with van der Waals surface area (Å²) in [6, 6.07) is 7.93. The lowest BCUT2D eigenvalue weighted by Gasteiger charge is -2.28. The van der Waals surface area contributed by atoms with Gasteiger partial charge in [0.25, 0.3) is 0 Å². The van der Waals surface area contributed by atoms with Crippen molar-refractivity contribution in [2.75, 3.05) is 18.4 Å². The van der Waals surface area contributed by atoms with E-state index in [0.29, 0.717) is 6.42 Å². The molecule has 2 N–H and O–H groups in total. The van der Waals surface area contributed by atoms with Crippen LogP contribution in [0.1, 0.15) is 64.7 Å². The van der Waals surface area contributed by atoms with Crippen LogP contribution in [0.25, 0.3) is 0 Å². The number of nitrogens with one attached hydrogen (secondary N) is 1. The number of aliphatic hydroxyl groups excluding tert-OH is 1. The maximum atomic E-state index is 12.5. The summed E-state index contributed by atoms with van der Waals surface area (Å²) in [5.74, 6) is 1.04. The number of carbonyl (C=O) groups is 1. The largest absolute Gasteiger partial charge is 0.488 e. The van der Waals surface area contributed by atoms with Crippen molar-refractivity contribution in [3.05, 3.63) is 24.3 Å². The zero-order valence-electron chi connectivity index (χ0n) is 16.5. The second-order valence-electron chi connectivity index (χ2n) is 8.08. The zero-order valence-corrected chi connectivity index (χ0v) is 16.5. The Morgan fingerprint density at radius 2 is 1.78 bits per heavy atom. The standard InChI is InChI=1S/C22H34N2O3/c1-17(16-22(26)24-14-6-2-3-7-15-24)23-18-10-12-19(13-11-18)27-21-9-5-4-8-20(21)25/h10-13,17,20-21,23,25H,2-9,14-16H2,1H3/t17-,20+,21-/m1/s1. The van der Waals surface area contributed by atoms with Crippen LogP contribution < -0.4 is 10.1 Å². The van der Waals surface area contributed by atoms with Gasteiger partial charge in [-0.15, -0.1) is 0 Å². The van der Waals surface area contributed by atoms with E-state index in [9.17, 15) is 9.90 Å². The Hall–Kier alpha value is -1.75. The van der Waals surface area contributed by atoms with E-state index in [-0.39, 0.29) is 24.2 Å².